The van der Waals surface area contributed by atoms with Gasteiger partial charge in [0, 0.05) is 17.3 Å². The van der Waals surface area contributed by atoms with E-state index in [1.54, 1.807) is 7.11 Å². The van der Waals surface area contributed by atoms with Gasteiger partial charge < -0.3 is 15.4 Å². The Balaban J connectivity index is 2.28. The molecule has 5 heteroatoms. The first-order chi connectivity index (χ1) is 9.87. The average molecular weight is 286 g/mol. The van der Waals surface area contributed by atoms with Gasteiger partial charge in [-0.1, -0.05) is 12.1 Å². The van der Waals surface area contributed by atoms with Crippen LogP contribution < -0.4 is 15.4 Å². The fraction of sp³-hybridized carbons (Fsp3) is 0.375. The van der Waals surface area contributed by atoms with E-state index in [1.165, 1.54) is 0 Å². The number of anilines is 3. The van der Waals surface area contributed by atoms with Crippen LogP contribution in [0.4, 0.5) is 17.5 Å². The largest absolute Gasteiger partial charge is 0.495 e. The van der Waals surface area contributed by atoms with Crippen LogP contribution in [0.15, 0.2) is 30.3 Å². The molecular weight excluding hydrogens is 264 g/mol. The number of aromatic nitrogens is 2. The van der Waals surface area contributed by atoms with Crippen molar-refractivity contribution in [1.82, 2.24) is 9.97 Å². The standard InChI is InChI=1S/C16H22N4O/c1-11-10-14(19-15(17-11)20-16(2,3)4)18-12-8-6-7-9-13(12)21-5/h6-10H,1-5H3,(H2,17,18,19,20). The van der Waals surface area contributed by atoms with Crippen LogP contribution >= 0.6 is 0 Å². The summed E-state index contributed by atoms with van der Waals surface area (Å²) in [5, 5.41) is 6.56. The van der Waals surface area contributed by atoms with E-state index >= 15 is 0 Å². The van der Waals surface area contributed by atoms with Crippen molar-refractivity contribution < 1.29 is 4.74 Å². The van der Waals surface area contributed by atoms with Gasteiger partial charge in [-0.2, -0.15) is 4.98 Å². The number of nitrogens with one attached hydrogen (secondary N) is 2. The van der Waals surface area contributed by atoms with Crippen LogP contribution in [0.1, 0.15) is 26.5 Å². The van der Waals surface area contributed by atoms with Crippen LogP contribution in [0, 0.1) is 6.92 Å². The molecule has 0 bridgehead atoms. The maximum absolute atomic E-state index is 5.34. The molecule has 0 amide bonds. The fourth-order valence-electron chi connectivity index (χ4n) is 1.91. The lowest BCUT2D eigenvalue weighted by Gasteiger charge is -2.21. The first-order valence-corrected chi connectivity index (χ1v) is 6.91. The Kier molecular flexibility index (Phi) is 4.31. The molecule has 0 aliphatic heterocycles. The molecule has 2 rings (SSSR count). The molecule has 0 saturated heterocycles. The van der Waals surface area contributed by atoms with Gasteiger partial charge in [0.25, 0.3) is 0 Å². The van der Waals surface area contributed by atoms with Crippen molar-refractivity contribution in [3.63, 3.8) is 0 Å². The molecule has 0 unspecified atom stereocenters. The van der Waals surface area contributed by atoms with Gasteiger partial charge in [0.1, 0.15) is 11.6 Å². The van der Waals surface area contributed by atoms with Crippen LogP contribution in [-0.4, -0.2) is 22.6 Å². The number of aryl methyl sites for hydroxylation is 1. The van der Waals surface area contributed by atoms with Crippen molar-refractivity contribution in [2.75, 3.05) is 17.7 Å². The highest BCUT2D eigenvalue weighted by atomic mass is 16.5. The molecule has 1 aromatic heterocycles. The SMILES string of the molecule is COc1ccccc1Nc1cc(C)nc(NC(C)(C)C)n1. The second-order valence-electron chi connectivity index (χ2n) is 5.92. The number of benzene rings is 1. The molecule has 0 atom stereocenters. The summed E-state index contributed by atoms with van der Waals surface area (Å²) in [6, 6.07) is 9.65. The number of para-hydroxylation sites is 2. The Hall–Kier alpha value is -2.30. The average Bonchev–Trinajstić information content (AvgIpc) is 2.36. The van der Waals surface area contributed by atoms with Crippen molar-refractivity contribution in [1.29, 1.82) is 0 Å². The van der Waals surface area contributed by atoms with E-state index < -0.39 is 0 Å². The lowest BCUT2D eigenvalue weighted by Crippen LogP contribution is -2.27. The van der Waals surface area contributed by atoms with Crippen molar-refractivity contribution in [3.05, 3.63) is 36.0 Å². The lowest BCUT2D eigenvalue weighted by molar-refractivity contribution is 0.417. The van der Waals surface area contributed by atoms with E-state index in [4.69, 9.17) is 4.74 Å². The minimum Gasteiger partial charge on any atom is -0.495 e. The summed E-state index contributed by atoms with van der Waals surface area (Å²) in [6.45, 7) is 8.17. The summed E-state index contributed by atoms with van der Waals surface area (Å²) in [5.41, 5.74) is 1.68. The number of rotatable bonds is 4. The van der Waals surface area contributed by atoms with Crippen LogP contribution in [0.3, 0.4) is 0 Å². The summed E-state index contributed by atoms with van der Waals surface area (Å²) < 4.78 is 5.34. The van der Waals surface area contributed by atoms with E-state index in [1.807, 2.05) is 37.3 Å². The number of nitrogens with zero attached hydrogens (tertiary/aromatic N) is 2. The molecule has 0 saturated carbocycles. The van der Waals surface area contributed by atoms with Crippen LogP contribution in [-0.2, 0) is 0 Å². The zero-order valence-corrected chi connectivity index (χ0v) is 13.2. The van der Waals surface area contributed by atoms with E-state index in [0.29, 0.717) is 5.95 Å². The summed E-state index contributed by atoms with van der Waals surface area (Å²) in [5.74, 6) is 2.12. The van der Waals surface area contributed by atoms with Crippen molar-refractivity contribution in [2.45, 2.75) is 33.2 Å². The maximum atomic E-state index is 5.34. The highest BCUT2D eigenvalue weighted by Gasteiger charge is 2.12. The molecule has 0 spiro atoms. The zero-order valence-electron chi connectivity index (χ0n) is 13.2. The molecule has 0 aliphatic rings. The minimum atomic E-state index is -0.0878. The highest BCUT2D eigenvalue weighted by molar-refractivity contribution is 5.64. The van der Waals surface area contributed by atoms with Gasteiger partial charge >= 0.3 is 0 Å². The molecule has 1 aromatic carbocycles. The molecule has 21 heavy (non-hydrogen) atoms. The van der Waals surface area contributed by atoms with Crippen LogP contribution in [0.5, 0.6) is 5.75 Å². The van der Waals surface area contributed by atoms with Gasteiger partial charge in [0.15, 0.2) is 0 Å². The smallest absolute Gasteiger partial charge is 0.225 e. The molecule has 0 radical (unpaired) electrons. The predicted octanol–water partition coefficient (Wildman–Crippen LogP) is 3.75. The molecule has 2 aromatic rings. The first-order valence-electron chi connectivity index (χ1n) is 6.91. The van der Waals surface area contributed by atoms with E-state index in [0.717, 1.165) is 22.9 Å². The second kappa shape index (κ2) is 5.99. The highest BCUT2D eigenvalue weighted by Crippen LogP contribution is 2.26. The normalized spacial score (nSPS) is 11.1. The van der Waals surface area contributed by atoms with Gasteiger partial charge in [-0.3, -0.25) is 0 Å². The zero-order chi connectivity index (χ0) is 15.5. The van der Waals surface area contributed by atoms with Crippen molar-refractivity contribution in [3.8, 4) is 5.75 Å². The lowest BCUT2D eigenvalue weighted by atomic mass is 10.1. The quantitative estimate of drug-likeness (QED) is 0.896. The first kappa shape index (κ1) is 15.1. The van der Waals surface area contributed by atoms with E-state index in [2.05, 4.69) is 41.4 Å². The Morgan fingerprint density at radius 2 is 1.81 bits per heavy atom. The number of hydrogen-bond acceptors (Lipinski definition) is 5. The second-order valence-corrected chi connectivity index (χ2v) is 5.92. The summed E-state index contributed by atoms with van der Waals surface area (Å²) in [6.07, 6.45) is 0. The van der Waals surface area contributed by atoms with E-state index in [9.17, 15) is 0 Å². The summed E-state index contributed by atoms with van der Waals surface area (Å²) >= 11 is 0. The summed E-state index contributed by atoms with van der Waals surface area (Å²) in [4.78, 5) is 8.91. The minimum absolute atomic E-state index is 0.0878. The molecule has 0 fully saturated rings. The van der Waals surface area contributed by atoms with Gasteiger partial charge in [-0.05, 0) is 39.8 Å². The third-order valence-electron chi connectivity index (χ3n) is 2.71. The van der Waals surface area contributed by atoms with Crippen LogP contribution in [0.25, 0.3) is 0 Å². The predicted molar refractivity (Wildman–Crippen MR) is 86.4 cm³/mol. The molecule has 1 heterocycles. The van der Waals surface area contributed by atoms with Gasteiger partial charge in [-0.25, -0.2) is 4.98 Å². The Labute approximate surface area is 125 Å². The molecule has 112 valence electrons. The monoisotopic (exact) mass is 286 g/mol. The van der Waals surface area contributed by atoms with Crippen molar-refractivity contribution >= 4 is 17.5 Å². The molecular formula is C16H22N4O. The Bertz CT molecular complexity index is 620. The number of ether oxygens (including phenoxy) is 1. The van der Waals surface area contributed by atoms with Gasteiger partial charge in [0.05, 0.1) is 12.8 Å². The van der Waals surface area contributed by atoms with Crippen LogP contribution in [0.2, 0.25) is 0 Å². The fourth-order valence-corrected chi connectivity index (χ4v) is 1.91. The number of methoxy groups -OCH3 is 1. The topological polar surface area (TPSA) is 59.1 Å². The maximum Gasteiger partial charge on any atom is 0.225 e. The third-order valence-corrected chi connectivity index (χ3v) is 2.71. The Morgan fingerprint density at radius 1 is 1.10 bits per heavy atom. The van der Waals surface area contributed by atoms with Gasteiger partial charge in [0.2, 0.25) is 5.95 Å². The molecule has 5 nitrogen and oxygen atoms in total. The molecule has 0 aliphatic carbocycles. The summed E-state index contributed by atoms with van der Waals surface area (Å²) in [7, 11) is 1.65. The van der Waals surface area contributed by atoms with Crippen molar-refractivity contribution in [2.24, 2.45) is 0 Å². The van der Waals surface area contributed by atoms with Gasteiger partial charge in [-0.15, -0.1) is 0 Å². The molecule has 2 N–H and O–H groups in total. The van der Waals surface area contributed by atoms with E-state index in [-0.39, 0.29) is 5.54 Å². The Morgan fingerprint density at radius 3 is 2.48 bits per heavy atom. The third kappa shape index (κ3) is 4.34. The number of hydrogen-bond donors (Lipinski definition) is 2.